The summed E-state index contributed by atoms with van der Waals surface area (Å²) in [7, 11) is -2.25. The summed E-state index contributed by atoms with van der Waals surface area (Å²) in [6.45, 7) is 1.98. The van der Waals surface area contributed by atoms with Crippen LogP contribution in [-0.2, 0) is 10.0 Å². The molecular weight excluding hydrogens is 243 g/mol. The molecule has 0 atom stereocenters. The van der Waals surface area contributed by atoms with Gasteiger partial charge in [0.15, 0.2) is 11.0 Å². The van der Waals surface area contributed by atoms with Crippen LogP contribution in [-0.4, -0.2) is 31.3 Å². The number of rotatable bonds is 3. The first kappa shape index (κ1) is 12.4. The Hall–Kier alpha value is -0.720. The molecule has 0 aliphatic rings. The lowest BCUT2D eigenvalue weighted by atomic mass is 10.5. The number of pyridine rings is 1. The van der Waals surface area contributed by atoms with E-state index < -0.39 is 15.8 Å². The Labute approximate surface area is 92.7 Å². The Morgan fingerprint density at radius 3 is 2.67 bits per heavy atom. The normalized spacial score (nSPS) is 12.1. The Morgan fingerprint density at radius 2 is 2.20 bits per heavy atom. The molecule has 1 heterocycles. The standard InChI is InChI=1S/C8H10ClFN2O2S/c1-3-12(2)15(13,14)6-4-7(10)8(9)11-5-6/h4-5H,3H2,1-2H3. The van der Waals surface area contributed by atoms with E-state index in [1.807, 2.05) is 0 Å². The predicted octanol–water partition coefficient (Wildman–Crippen LogP) is 1.51. The van der Waals surface area contributed by atoms with E-state index in [0.717, 1.165) is 16.6 Å². The minimum atomic E-state index is -3.66. The van der Waals surface area contributed by atoms with Crippen molar-refractivity contribution in [1.82, 2.24) is 9.29 Å². The third-order valence-corrected chi connectivity index (χ3v) is 4.10. The monoisotopic (exact) mass is 252 g/mol. The van der Waals surface area contributed by atoms with Crippen molar-refractivity contribution < 1.29 is 12.8 Å². The molecule has 0 aromatic carbocycles. The number of hydrogen-bond donors (Lipinski definition) is 0. The van der Waals surface area contributed by atoms with Gasteiger partial charge in [0.25, 0.3) is 0 Å². The highest BCUT2D eigenvalue weighted by Gasteiger charge is 2.20. The van der Waals surface area contributed by atoms with Crippen molar-refractivity contribution >= 4 is 21.6 Å². The maximum atomic E-state index is 13.0. The molecule has 84 valence electrons. The second-order valence-corrected chi connectivity index (χ2v) is 5.27. The van der Waals surface area contributed by atoms with Crippen LogP contribution < -0.4 is 0 Å². The summed E-state index contributed by atoms with van der Waals surface area (Å²) in [5, 5.41) is -0.340. The van der Waals surface area contributed by atoms with Crippen molar-refractivity contribution in [1.29, 1.82) is 0 Å². The topological polar surface area (TPSA) is 50.3 Å². The lowest BCUT2D eigenvalue weighted by Gasteiger charge is -2.14. The van der Waals surface area contributed by atoms with Crippen LogP contribution in [0.25, 0.3) is 0 Å². The van der Waals surface area contributed by atoms with Gasteiger partial charge in [0.2, 0.25) is 10.0 Å². The smallest absolute Gasteiger partial charge is 0.240 e. The SMILES string of the molecule is CCN(C)S(=O)(=O)c1cnc(Cl)c(F)c1. The van der Waals surface area contributed by atoms with E-state index in [1.165, 1.54) is 7.05 Å². The molecule has 0 radical (unpaired) electrons. The highest BCUT2D eigenvalue weighted by Crippen LogP contribution is 2.18. The molecule has 0 spiro atoms. The molecule has 0 aliphatic carbocycles. The van der Waals surface area contributed by atoms with Gasteiger partial charge >= 0.3 is 0 Å². The van der Waals surface area contributed by atoms with E-state index in [0.29, 0.717) is 6.54 Å². The fourth-order valence-corrected chi connectivity index (χ4v) is 2.14. The zero-order valence-corrected chi connectivity index (χ0v) is 9.81. The average molecular weight is 253 g/mol. The molecule has 0 bridgehead atoms. The Balaban J connectivity index is 3.23. The summed E-state index contributed by atoms with van der Waals surface area (Å²) in [4.78, 5) is 3.25. The summed E-state index contributed by atoms with van der Waals surface area (Å²) < 4.78 is 37.5. The second-order valence-electron chi connectivity index (χ2n) is 2.86. The van der Waals surface area contributed by atoms with E-state index >= 15 is 0 Å². The Morgan fingerprint density at radius 1 is 1.60 bits per heavy atom. The van der Waals surface area contributed by atoms with Crippen LogP contribution in [0.3, 0.4) is 0 Å². The van der Waals surface area contributed by atoms with E-state index in [-0.39, 0.29) is 10.0 Å². The first-order valence-corrected chi connectivity index (χ1v) is 5.98. The lowest BCUT2D eigenvalue weighted by Crippen LogP contribution is -2.26. The van der Waals surface area contributed by atoms with E-state index in [9.17, 15) is 12.8 Å². The molecule has 1 aromatic heterocycles. The maximum Gasteiger partial charge on any atom is 0.244 e. The first-order chi connectivity index (χ1) is 6.89. The summed E-state index contributed by atoms with van der Waals surface area (Å²) in [6.07, 6.45) is 1.03. The quantitative estimate of drug-likeness (QED) is 0.767. The maximum absolute atomic E-state index is 13.0. The molecule has 0 amide bonds. The fourth-order valence-electron chi connectivity index (χ4n) is 0.895. The van der Waals surface area contributed by atoms with Gasteiger partial charge in [-0.05, 0) is 6.07 Å². The van der Waals surface area contributed by atoms with Gasteiger partial charge in [0, 0.05) is 19.8 Å². The van der Waals surface area contributed by atoms with Gasteiger partial charge in [-0.2, -0.15) is 0 Å². The number of hydrogen-bond acceptors (Lipinski definition) is 3. The highest BCUT2D eigenvalue weighted by molar-refractivity contribution is 7.89. The zero-order chi connectivity index (χ0) is 11.6. The Bertz CT molecular complexity index is 464. The van der Waals surface area contributed by atoms with Crippen molar-refractivity contribution in [3.8, 4) is 0 Å². The molecule has 1 rings (SSSR count). The van der Waals surface area contributed by atoms with Crippen LogP contribution in [0.5, 0.6) is 0 Å². The van der Waals surface area contributed by atoms with Crippen molar-refractivity contribution in [2.24, 2.45) is 0 Å². The lowest BCUT2D eigenvalue weighted by molar-refractivity contribution is 0.484. The molecule has 0 unspecified atom stereocenters. The minimum Gasteiger partial charge on any atom is -0.240 e. The number of nitrogens with zero attached hydrogens (tertiary/aromatic N) is 2. The molecule has 0 saturated heterocycles. The summed E-state index contributed by atoms with van der Waals surface area (Å²) in [6, 6.07) is 0.858. The van der Waals surface area contributed by atoms with Crippen LogP contribution in [0.1, 0.15) is 6.92 Å². The zero-order valence-electron chi connectivity index (χ0n) is 8.24. The summed E-state index contributed by atoms with van der Waals surface area (Å²) in [5.41, 5.74) is 0. The van der Waals surface area contributed by atoms with Crippen LogP contribution >= 0.6 is 11.6 Å². The van der Waals surface area contributed by atoms with Gasteiger partial charge in [-0.3, -0.25) is 0 Å². The molecule has 0 N–H and O–H groups in total. The summed E-state index contributed by atoms with van der Waals surface area (Å²) >= 11 is 5.35. The van der Waals surface area contributed by atoms with Crippen molar-refractivity contribution in [3.63, 3.8) is 0 Å². The average Bonchev–Trinajstić information content (AvgIpc) is 2.20. The van der Waals surface area contributed by atoms with Gasteiger partial charge in [-0.1, -0.05) is 18.5 Å². The number of sulfonamides is 1. The van der Waals surface area contributed by atoms with Gasteiger partial charge < -0.3 is 0 Å². The predicted molar refractivity (Wildman–Crippen MR) is 54.7 cm³/mol. The molecule has 0 saturated carbocycles. The van der Waals surface area contributed by atoms with Crippen LogP contribution in [0.2, 0.25) is 5.15 Å². The summed E-state index contributed by atoms with van der Waals surface area (Å²) in [5.74, 6) is -0.845. The van der Waals surface area contributed by atoms with Crippen LogP contribution in [0.4, 0.5) is 4.39 Å². The van der Waals surface area contributed by atoms with Gasteiger partial charge in [-0.15, -0.1) is 0 Å². The number of aromatic nitrogens is 1. The van der Waals surface area contributed by atoms with E-state index in [1.54, 1.807) is 6.92 Å². The van der Waals surface area contributed by atoms with Gasteiger partial charge in [0.05, 0.1) is 0 Å². The van der Waals surface area contributed by atoms with Crippen molar-refractivity contribution in [3.05, 3.63) is 23.2 Å². The Kier molecular flexibility index (Phi) is 3.64. The molecule has 0 aliphatic heterocycles. The molecule has 15 heavy (non-hydrogen) atoms. The fraction of sp³-hybridized carbons (Fsp3) is 0.375. The van der Waals surface area contributed by atoms with Crippen molar-refractivity contribution in [2.75, 3.05) is 13.6 Å². The molecule has 4 nitrogen and oxygen atoms in total. The van der Waals surface area contributed by atoms with E-state index in [4.69, 9.17) is 11.6 Å². The number of halogens is 2. The second kappa shape index (κ2) is 4.42. The largest absolute Gasteiger partial charge is 0.244 e. The van der Waals surface area contributed by atoms with Crippen LogP contribution in [0, 0.1) is 5.82 Å². The molecule has 7 heteroatoms. The van der Waals surface area contributed by atoms with Gasteiger partial charge in [0.1, 0.15) is 4.90 Å². The third kappa shape index (κ3) is 2.45. The highest BCUT2D eigenvalue weighted by atomic mass is 35.5. The van der Waals surface area contributed by atoms with E-state index in [2.05, 4.69) is 4.98 Å². The van der Waals surface area contributed by atoms with Crippen LogP contribution in [0.15, 0.2) is 17.2 Å². The molecule has 1 aromatic rings. The minimum absolute atomic E-state index is 0.200. The first-order valence-electron chi connectivity index (χ1n) is 4.17. The third-order valence-electron chi connectivity index (χ3n) is 1.92. The van der Waals surface area contributed by atoms with Gasteiger partial charge in [-0.25, -0.2) is 22.1 Å². The molecule has 0 fully saturated rings. The van der Waals surface area contributed by atoms with Crippen molar-refractivity contribution in [2.45, 2.75) is 11.8 Å². The molecular formula is C8H10ClFN2O2S.